The number of para-hydroxylation sites is 2. The van der Waals surface area contributed by atoms with Crippen LogP contribution >= 0.6 is 0 Å². The number of nitrogens with zero attached hydrogens (tertiary/aromatic N) is 2. The smallest absolute Gasteiger partial charge is 0.339 e. The minimum atomic E-state index is -3.90. The molecular formula is C20H25N3O7S. The Morgan fingerprint density at radius 2 is 1.90 bits per heavy atom. The van der Waals surface area contributed by atoms with Crippen molar-refractivity contribution >= 4 is 21.8 Å². The van der Waals surface area contributed by atoms with Crippen molar-refractivity contribution in [3.63, 3.8) is 0 Å². The third kappa shape index (κ3) is 5.43. The molecule has 0 radical (unpaired) electrons. The Bertz CT molecular complexity index is 1010. The number of sulfonamides is 1. The molecule has 168 valence electrons. The normalized spacial score (nSPS) is 14.6. The quantitative estimate of drug-likeness (QED) is 0.446. The van der Waals surface area contributed by atoms with Crippen LogP contribution in [0.4, 0.5) is 5.82 Å². The molecule has 1 aliphatic heterocycles. The third-order valence-corrected chi connectivity index (χ3v) is 6.49. The maximum absolute atomic E-state index is 13.2. The monoisotopic (exact) mass is 451 g/mol. The van der Waals surface area contributed by atoms with Gasteiger partial charge in [0, 0.05) is 19.3 Å². The Balaban J connectivity index is 1.78. The van der Waals surface area contributed by atoms with E-state index in [1.54, 1.807) is 19.2 Å². The summed E-state index contributed by atoms with van der Waals surface area (Å²) in [6, 6.07) is 8.48. The fraction of sp³-hybridized carbons (Fsp3) is 0.400. The minimum Gasteiger partial charge on any atom is -0.493 e. The molecule has 1 aromatic carbocycles. The molecule has 31 heavy (non-hydrogen) atoms. The summed E-state index contributed by atoms with van der Waals surface area (Å²) < 4.78 is 48.6. The number of anilines is 1. The van der Waals surface area contributed by atoms with Crippen molar-refractivity contribution in [1.82, 2.24) is 9.29 Å². The highest BCUT2D eigenvalue weighted by molar-refractivity contribution is 7.89. The SMILES string of the molecule is COC(=O)c1cnc(NCCOc2ccccc2OC)c(S(=O)(=O)N2CCOCC2)c1. The molecule has 2 heterocycles. The first-order valence-electron chi connectivity index (χ1n) is 9.63. The van der Waals surface area contributed by atoms with E-state index < -0.39 is 16.0 Å². The van der Waals surface area contributed by atoms with E-state index in [-0.39, 0.29) is 42.5 Å². The van der Waals surface area contributed by atoms with E-state index in [0.29, 0.717) is 24.7 Å². The van der Waals surface area contributed by atoms with Crippen LogP contribution in [0, 0.1) is 0 Å². The van der Waals surface area contributed by atoms with Crippen molar-refractivity contribution in [2.75, 3.05) is 59.0 Å². The summed E-state index contributed by atoms with van der Waals surface area (Å²) >= 11 is 0. The van der Waals surface area contributed by atoms with Crippen LogP contribution in [0.3, 0.4) is 0 Å². The number of hydrogen-bond donors (Lipinski definition) is 1. The van der Waals surface area contributed by atoms with Gasteiger partial charge in [0.2, 0.25) is 10.0 Å². The number of pyridine rings is 1. The van der Waals surface area contributed by atoms with Crippen molar-refractivity contribution in [1.29, 1.82) is 0 Å². The molecule has 10 nitrogen and oxygen atoms in total. The van der Waals surface area contributed by atoms with E-state index in [1.165, 1.54) is 23.7 Å². The average molecular weight is 452 g/mol. The number of aromatic nitrogens is 1. The second kappa shape index (κ2) is 10.4. The molecule has 11 heteroatoms. The van der Waals surface area contributed by atoms with E-state index in [2.05, 4.69) is 10.3 Å². The standard InChI is InChI=1S/C20H25N3O7S/c1-27-16-5-3-4-6-17(16)30-10-7-21-19-18(13-15(14-22-19)20(24)28-2)31(25,26)23-8-11-29-12-9-23/h3-6,13-14H,7-12H2,1-2H3,(H,21,22). The second-order valence-electron chi connectivity index (χ2n) is 6.50. The Labute approximate surface area is 181 Å². The largest absolute Gasteiger partial charge is 0.493 e. The number of methoxy groups -OCH3 is 2. The lowest BCUT2D eigenvalue weighted by atomic mass is 10.3. The molecule has 0 aliphatic carbocycles. The topological polar surface area (TPSA) is 116 Å². The molecule has 2 aromatic rings. The van der Waals surface area contributed by atoms with Crippen molar-refractivity contribution < 1.29 is 32.2 Å². The molecular weight excluding hydrogens is 426 g/mol. The second-order valence-corrected chi connectivity index (χ2v) is 8.41. The van der Waals surface area contributed by atoms with Crippen LogP contribution in [0.5, 0.6) is 11.5 Å². The van der Waals surface area contributed by atoms with E-state index in [0.717, 1.165) is 0 Å². The summed E-state index contributed by atoms with van der Waals surface area (Å²) in [7, 11) is -1.12. The number of ether oxygens (including phenoxy) is 4. The number of carbonyl (C=O) groups is 1. The molecule has 0 amide bonds. The molecule has 1 N–H and O–H groups in total. The molecule has 1 saturated heterocycles. The number of benzene rings is 1. The van der Waals surface area contributed by atoms with Crippen LogP contribution in [0.15, 0.2) is 41.4 Å². The Morgan fingerprint density at radius 1 is 1.19 bits per heavy atom. The maximum atomic E-state index is 13.2. The van der Waals surface area contributed by atoms with Gasteiger partial charge in [-0.3, -0.25) is 0 Å². The number of nitrogens with one attached hydrogen (secondary N) is 1. The lowest BCUT2D eigenvalue weighted by Crippen LogP contribution is -2.41. The first-order valence-corrected chi connectivity index (χ1v) is 11.1. The Kier molecular flexibility index (Phi) is 7.66. The van der Waals surface area contributed by atoms with Crippen molar-refractivity contribution in [3.8, 4) is 11.5 Å². The van der Waals surface area contributed by atoms with Gasteiger partial charge in [-0.05, 0) is 18.2 Å². The zero-order valence-electron chi connectivity index (χ0n) is 17.4. The van der Waals surface area contributed by atoms with Gasteiger partial charge in [0.25, 0.3) is 0 Å². The van der Waals surface area contributed by atoms with Gasteiger partial charge in [0.15, 0.2) is 11.5 Å². The maximum Gasteiger partial charge on any atom is 0.339 e. The van der Waals surface area contributed by atoms with Gasteiger partial charge < -0.3 is 24.3 Å². The molecule has 0 unspecified atom stereocenters. The lowest BCUT2D eigenvalue weighted by Gasteiger charge is -2.27. The molecule has 1 aromatic heterocycles. The van der Waals surface area contributed by atoms with Crippen molar-refractivity contribution in [2.45, 2.75) is 4.90 Å². The number of hydrogen-bond acceptors (Lipinski definition) is 9. The van der Waals surface area contributed by atoms with Gasteiger partial charge in [-0.25, -0.2) is 18.2 Å². The summed E-state index contributed by atoms with van der Waals surface area (Å²) in [6.45, 7) is 1.56. The van der Waals surface area contributed by atoms with Gasteiger partial charge in [0.1, 0.15) is 17.3 Å². The number of rotatable bonds is 9. The molecule has 0 spiro atoms. The predicted molar refractivity (Wildman–Crippen MR) is 112 cm³/mol. The highest BCUT2D eigenvalue weighted by Gasteiger charge is 2.30. The average Bonchev–Trinajstić information content (AvgIpc) is 2.82. The van der Waals surface area contributed by atoms with Crippen LogP contribution < -0.4 is 14.8 Å². The summed E-state index contributed by atoms with van der Waals surface area (Å²) in [5.74, 6) is 0.625. The zero-order valence-corrected chi connectivity index (χ0v) is 18.2. The van der Waals surface area contributed by atoms with Crippen LogP contribution in [-0.2, 0) is 19.5 Å². The summed E-state index contributed by atoms with van der Waals surface area (Å²) in [5, 5.41) is 2.98. The molecule has 0 saturated carbocycles. The first-order chi connectivity index (χ1) is 15.0. The molecule has 1 fully saturated rings. The predicted octanol–water partition coefficient (Wildman–Crippen LogP) is 1.39. The van der Waals surface area contributed by atoms with E-state index in [1.807, 2.05) is 12.1 Å². The minimum absolute atomic E-state index is 0.0464. The molecule has 0 atom stereocenters. The van der Waals surface area contributed by atoms with E-state index in [4.69, 9.17) is 18.9 Å². The highest BCUT2D eigenvalue weighted by atomic mass is 32.2. The van der Waals surface area contributed by atoms with Crippen molar-refractivity contribution in [3.05, 3.63) is 42.1 Å². The summed E-state index contributed by atoms with van der Waals surface area (Å²) in [4.78, 5) is 16.0. The van der Waals surface area contributed by atoms with Crippen LogP contribution in [0.25, 0.3) is 0 Å². The van der Waals surface area contributed by atoms with Crippen LogP contribution in [-0.4, -0.2) is 77.4 Å². The fourth-order valence-electron chi connectivity index (χ4n) is 3.00. The number of esters is 1. The zero-order chi connectivity index (χ0) is 22.3. The van der Waals surface area contributed by atoms with Gasteiger partial charge >= 0.3 is 5.97 Å². The first kappa shape index (κ1) is 22.8. The molecule has 1 aliphatic rings. The number of carbonyl (C=O) groups excluding carboxylic acids is 1. The van der Waals surface area contributed by atoms with Gasteiger partial charge in [-0.2, -0.15) is 4.31 Å². The summed E-state index contributed by atoms with van der Waals surface area (Å²) in [5.41, 5.74) is 0.0464. The van der Waals surface area contributed by atoms with Gasteiger partial charge in [0.05, 0.1) is 39.5 Å². The van der Waals surface area contributed by atoms with E-state index in [9.17, 15) is 13.2 Å². The van der Waals surface area contributed by atoms with Crippen LogP contribution in [0.2, 0.25) is 0 Å². The highest BCUT2D eigenvalue weighted by Crippen LogP contribution is 2.27. The Hall–Kier alpha value is -2.89. The van der Waals surface area contributed by atoms with Crippen molar-refractivity contribution in [2.24, 2.45) is 0 Å². The number of morpholine rings is 1. The summed E-state index contributed by atoms with van der Waals surface area (Å²) in [6.07, 6.45) is 1.27. The third-order valence-electron chi connectivity index (χ3n) is 4.58. The lowest BCUT2D eigenvalue weighted by molar-refractivity contribution is 0.0600. The Morgan fingerprint density at radius 3 is 2.58 bits per heavy atom. The van der Waals surface area contributed by atoms with Gasteiger partial charge in [-0.1, -0.05) is 12.1 Å². The van der Waals surface area contributed by atoms with E-state index >= 15 is 0 Å². The molecule has 3 rings (SSSR count). The van der Waals surface area contributed by atoms with Gasteiger partial charge in [-0.15, -0.1) is 0 Å². The molecule has 0 bridgehead atoms. The van der Waals surface area contributed by atoms with Crippen LogP contribution in [0.1, 0.15) is 10.4 Å². The fourth-order valence-corrected chi connectivity index (χ4v) is 4.55.